The number of nitrogens with zero attached hydrogens (tertiary/aromatic N) is 2. The summed E-state index contributed by atoms with van der Waals surface area (Å²) in [4.78, 5) is 12.4. The Morgan fingerprint density at radius 1 is 1.11 bits per heavy atom. The summed E-state index contributed by atoms with van der Waals surface area (Å²) < 4.78 is 0. The van der Waals surface area contributed by atoms with E-state index in [1.54, 1.807) is 0 Å². The quantitative estimate of drug-likeness (QED) is 0.712. The third-order valence-electron chi connectivity index (χ3n) is 3.48. The van der Waals surface area contributed by atoms with Crippen molar-refractivity contribution in [3.8, 4) is 22.6 Å². The Morgan fingerprint density at radius 2 is 1.89 bits per heavy atom. The first kappa shape index (κ1) is 11.0. The van der Waals surface area contributed by atoms with E-state index in [1.165, 1.54) is 12.8 Å². The molecule has 4 heteroatoms. The number of H-pyrrole nitrogens is 1. The lowest BCUT2D eigenvalue weighted by Gasteiger charge is -2.04. The van der Waals surface area contributed by atoms with E-state index in [1.807, 2.05) is 36.4 Å². The van der Waals surface area contributed by atoms with Crippen LogP contribution < -0.4 is 0 Å². The van der Waals surface area contributed by atoms with E-state index in [0.29, 0.717) is 11.1 Å². The van der Waals surface area contributed by atoms with Crippen LogP contribution in [0.15, 0.2) is 36.4 Å². The SMILES string of the molecule is Clc1nc(C2CC2)[nH]c2cc(-c3ccccc3)nc1-2. The van der Waals surface area contributed by atoms with Crippen molar-refractivity contribution in [1.29, 1.82) is 0 Å². The fourth-order valence-electron chi connectivity index (χ4n) is 2.30. The van der Waals surface area contributed by atoms with Gasteiger partial charge in [-0.25, -0.2) is 9.97 Å². The van der Waals surface area contributed by atoms with E-state index in [-0.39, 0.29) is 0 Å². The second kappa shape index (κ2) is 4.07. The largest absolute Gasteiger partial charge is 0.342 e. The van der Waals surface area contributed by atoms with Crippen molar-refractivity contribution in [1.82, 2.24) is 15.0 Å². The van der Waals surface area contributed by atoms with Crippen LogP contribution in [0.2, 0.25) is 5.15 Å². The van der Waals surface area contributed by atoms with Gasteiger partial charge in [-0.3, -0.25) is 0 Å². The van der Waals surface area contributed by atoms with Gasteiger partial charge in [0.1, 0.15) is 11.5 Å². The number of halogens is 1. The average Bonchev–Trinajstić information content (AvgIpc) is 3.19. The van der Waals surface area contributed by atoms with E-state index >= 15 is 0 Å². The van der Waals surface area contributed by atoms with Gasteiger partial charge >= 0.3 is 0 Å². The first-order valence-electron chi connectivity index (χ1n) is 6.43. The van der Waals surface area contributed by atoms with Crippen LogP contribution in [0.1, 0.15) is 24.6 Å². The molecule has 0 amide bonds. The number of nitrogens with one attached hydrogen (secondary N) is 1. The standard InChI is InChI=1S/C15H12ClN3/c16-14-13-12(18-15(19-14)10-6-7-10)8-11(17-13)9-4-2-1-3-5-9/h1-5,8,10H,6-7H2,(H,18,19). The minimum Gasteiger partial charge on any atom is -0.342 e. The molecule has 3 nitrogen and oxygen atoms in total. The normalized spacial score (nSPS) is 15.0. The number of rotatable bonds is 2. The van der Waals surface area contributed by atoms with Crippen molar-refractivity contribution < 1.29 is 0 Å². The van der Waals surface area contributed by atoms with Crippen molar-refractivity contribution in [3.63, 3.8) is 0 Å². The zero-order chi connectivity index (χ0) is 12.8. The lowest BCUT2D eigenvalue weighted by molar-refractivity contribution is 0.928. The Balaban J connectivity index is 1.87. The molecule has 19 heavy (non-hydrogen) atoms. The summed E-state index contributed by atoms with van der Waals surface area (Å²) in [6.45, 7) is 0. The van der Waals surface area contributed by atoms with Gasteiger partial charge in [0.25, 0.3) is 0 Å². The molecule has 1 saturated carbocycles. The maximum Gasteiger partial charge on any atom is 0.158 e. The number of fused-ring (bicyclic) bond motifs is 1. The maximum atomic E-state index is 6.24. The summed E-state index contributed by atoms with van der Waals surface area (Å²) in [6, 6.07) is 12.2. The van der Waals surface area contributed by atoms with Crippen molar-refractivity contribution in [3.05, 3.63) is 47.4 Å². The second-order valence-electron chi connectivity index (χ2n) is 4.96. The van der Waals surface area contributed by atoms with Crippen LogP contribution in [0.5, 0.6) is 0 Å². The highest BCUT2D eigenvalue weighted by Crippen LogP contribution is 2.41. The van der Waals surface area contributed by atoms with Crippen LogP contribution in [0, 0.1) is 0 Å². The molecule has 0 bridgehead atoms. The van der Waals surface area contributed by atoms with Gasteiger partial charge in [0.2, 0.25) is 0 Å². The minimum absolute atomic E-state index is 0.498. The molecule has 3 aliphatic rings. The summed E-state index contributed by atoms with van der Waals surface area (Å²) in [5, 5.41) is 0.498. The number of hydrogen-bond acceptors (Lipinski definition) is 2. The Hall–Kier alpha value is -1.87. The Labute approximate surface area is 116 Å². The number of hydrogen-bond donors (Lipinski definition) is 1. The maximum absolute atomic E-state index is 6.24. The Morgan fingerprint density at radius 3 is 2.63 bits per heavy atom. The highest BCUT2D eigenvalue weighted by molar-refractivity contribution is 6.31. The van der Waals surface area contributed by atoms with Gasteiger partial charge in [-0.1, -0.05) is 41.9 Å². The van der Waals surface area contributed by atoms with Gasteiger partial charge in [-0.15, -0.1) is 0 Å². The molecule has 0 atom stereocenters. The molecule has 0 saturated heterocycles. The van der Waals surface area contributed by atoms with Crippen molar-refractivity contribution in [2.75, 3.05) is 0 Å². The second-order valence-corrected chi connectivity index (χ2v) is 5.31. The molecule has 2 heterocycles. The van der Waals surface area contributed by atoms with E-state index in [4.69, 9.17) is 11.6 Å². The molecule has 0 radical (unpaired) electrons. The topological polar surface area (TPSA) is 41.6 Å². The molecule has 1 fully saturated rings. The highest BCUT2D eigenvalue weighted by Gasteiger charge is 2.28. The lowest BCUT2D eigenvalue weighted by atomic mass is 10.1. The molecule has 4 rings (SSSR count). The molecule has 0 unspecified atom stereocenters. The van der Waals surface area contributed by atoms with E-state index in [0.717, 1.165) is 28.5 Å². The summed E-state index contributed by atoms with van der Waals surface area (Å²) >= 11 is 6.24. The van der Waals surface area contributed by atoms with Gasteiger partial charge < -0.3 is 4.98 Å². The molecule has 1 aromatic rings. The van der Waals surface area contributed by atoms with Crippen molar-refractivity contribution in [2.24, 2.45) is 0 Å². The predicted octanol–water partition coefficient (Wildman–Crippen LogP) is 4.11. The Bertz CT molecular complexity index is 701. The Kier molecular flexibility index (Phi) is 2.35. The van der Waals surface area contributed by atoms with Gasteiger partial charge in [-0.2, -0.15) is 0 Å². The number of aromatic nitrogens is 3. The highest BCUT2D eigenvalue weighted by atomic mass is 35.5. The predicted molar refractivity (Wildman–Crippen MR) is 75.4 cm³/mol. The van der Waals surface area contributed by atoms with Crippen molar-refractivity contribution in [2.45, 2.75) is 18.8 Å². The van der Waals surface area contributed by atoms with E-state index in [9.17, 15) is 0 Å². The molecule has 1 aliphatic carbocycles. The molecule has 0 spiro atoms. The first-order chi connectivity index (χ1) is 9.31. The van der Waals surface area contributed by atoms with E-state index in [2.05, 4.69) is 15.0 Å². The third-order valence-corrected chi connectivity index (χ3v) is 3.74. The molecule has 0 aromatic heterocycles. The van der Waals surface area contributed by atoms with Gasteiger partial charge in [0.15, 0.2) is 5.15 Å². The number of benzene rings is 1. The van der Waals surface area contributed by atoms with Crippen LogP contribution in [0.25, 0.3) is 22.6 Å². The van der Waals surface area contributed by atoms with E-state index < -0.39 is 0 Å². The third kappa shape index (κ3) is 1.90. The molecular formula is C15H12ClN3. The summed E-state index contributed by atoms with van der Waals surface area (Å²) in [7, 11) is 0. The fraction of sp³-hybridized carbons (Fsp3) is 0.200. The van der Waals surface area contributed by atoms with Crippen LogP contribution in [0.4, 0.5) is 0 Å². The van der Waals surface area contributed by atoms with Crippen LogP contribution >= 0.6 is 11.6 Å². The summed E-state index contributed by atoms with van der Waals surface area (Å²) in [5.74, 6) is 1.54. The van der Waals surface area contributed by atoms with Gasteiger partial charge in [0.05, 0.1) is 11.4 Å². The molecule has 94 valence electrons. The van der Waals surface area contributed by atoms with Gasteiger partial charge in [-0.05, 0) is 18.9 Å². The molecular weight excluding hydrogens is 258 g/mol. The fourth-order valence-corrected chi connectivity index (χ4v) is 2.54. The number of aromatic amines is 1. The zero-order valence-corrected chi connectivity index (χ0v) is 11.0. The first-order valence-corrected chi connectivity index (χ1v) is 6.80. The van der Waals surface area contributed by atoms with Crippen LogP contribution in [-0.2, 0) is 0 Å². The summed E-state index contributed by atoms with van der Waals surface area (Å²) in [6.07, 6.45) is 2.40. The van der Waals surface area contributed by atoms with Crippen LogP contribution in [0.3, 0.4) is 0 Å². The average molecular weight is 270 g/mol. The molecule has 1 aromatic carbocycles. The van der Waals surface area contributed by atoms with Crippen molar-refractivity contribution >= 4 is 11.6 Å². The minimum atomic E-state index is 0.498. The lowest BCUT2D eigenvalue weighted by Crippen LogP contribution is -1.96. The van der Waals surface area contributed by atoms with Gasteiger partial charge in [0, 0.05) is 11.5 Å². The zero-order valence-electron chi connectivity index (χ0n) is 10.2. The smallest absolute Gasteiger partial charge is 0.158 e. The molecule has 2 aliphatic heterocycles. The summed E-state index contributed by atoms with van der Waals surface area (Å²) in [5.41, 5.74) is 3.75. The van der Waals surface area contributed by atoms with Crippen LogP contribution in [-0.4, -0.2) is 15.0 Å². The molecule has 1 N–H and O–H groups in total. The monoisotopic (exact) mass is 269 g/mol.